The molecule has 0 radical (unpaired) electrons. The van der Waals surface area contributed by atoms with Crippen LogP contribution in [0.2, 0.25) is 0 Å². The lowest BCUT2D eigenvalue weighted by Crippen LogP contribution is -2.42. The van der Waals surface area contributed by atoms with Crippen LogP contribution in [0, 0.1) is 22.6 Å². The van der Waals surface area contributed by atoms with E-state index in [1.165, 1.54) is 23.5 Å². The van der Waals surface area contributed by atoms with E-state index in [2.05, 4.69) is 21.6 Å². The summed E-state index contributed by atoms with van der Waals surface area (Å²) in [5.41, 5.74) is 8.50. The molecule has 3 N–H and O–H groups in total. The van der Waals surface area contributed by atoms with Gasteiger partial charge in [-0.25, -0.2) is 4.39 Å². The number of hydrogen-bond acceptors (Lipinski definition) is 10. The molecule has 0 bridgehead atoms. The molecule has 1 unspecified atom stereocenters. The van der Waals surface area contributed by atoms with Gasteiger partial charge in [-0.2, -0.15) is 5.26 Å². The van der Waals surface area contributed by atoms with E-state index >= 15 is 0 Å². The predicted octanol–water partition coefficient (Wildman–Crippen LogP) is 5.36. The first-order chi connectivity index (χ1) is 19.6. The average molecular weight is 591 g/mol. The van der Waals surface area contributed by atoms with Crippen LogP contribution in [-0.4, -0.2) is 34.8 Å². The predicted molar refractivity (Wildman–Crippen MR) is 156 cm³/mol. The third-order valence-corrected chi connectivity index (χ3v) is 8.93. The van der Waals surface area contributed by atoms with E-state index < -0.39 is 17.6 Å². The number of ether oxygens (including phenoxy) is 1. The van der Waals surface area contributed by atoms with Crippen LogP contribution in [0.1, 0.15) is 38.2 Å². The molecule has 2 aliphatic rings. The standard InChI is InChI=1S/C29H27FN6O3S2/c1-29(2)12-20-25(21(37)13-29)24(16-8-4-7-11-22(16)39-3)17(14-31)26(32)36(20)27-34-35-28(41-27)40-15-23(38)33-19-10-6-5-9-18(19)30/h4-11,24H,12-13,15,32H2,1-3H3,(H,33,38). The smallest absolute Gasteiger partial charge is 0.234 e. The van der Waals surface area contributed by atoms with Gasteiger partial charge in [0.15, 0.2) is 10.1 Å². The minimum absolute atomic E-state index is 0.0208. The molecule has 0 saturated heterocycles. The van der Waals surface area contributed by atoms with Crippen molar-refractivity contribution in [2.45, 2.75) is 36.9 Å². The van der Waals surface area contributed by atoms with E-state index in [1.807, 2.05) is 32.0 Å². The first kappa shape index (κ1) is 28.3. The molecule has 1 amide bonds. The van der Waals surface area contributed by atoms with Gasteiger partial charge >= 0.3 is 0 Å². The van der Waals surface area contributed by atoms with E-state index in [0.29, 0.717) is 44.9 Å². The fourth-order valence-electron chi connectivity index (χ4n) is 5.17. The van der Waals surface area contributed by atoms with E-state index in [1.54, 1.807) is 30.2 Å². The Balaban J connectivity index is 1.49. The number of rotatable bonds is 7. The van der Waals surface area contributed by atoms with Crippen LogP contribution < -0.4 is 20.7 Å². The zero-order valence-corrected chi connectivity index (χ0v) is 24.2. The largest absolute Gasteiger partial charge is 0.496 e. The monoisotopic (exact) mass is 590 g/mol. The van der Waals surface area contributed by atoms with Crippen LogP contribution in [0.25, 0.3) is 0 Å². The van der Waals surface area contributed by atoms with Gasteiger partial charge in [0.25, 0.3) is 0 Å². The van der Waals surface area contributed by atoms with Crippen molar-refractivity contribution >= 4 is 45.6 Å². The number of ketones is 1. The number of anilines is 2. The zero-order chi connectivity index (χ0) is 29.3. The molecular weight excluding hydrogens is 563 g/mol. The van der Waals surface area contributed by atoms with Crippen molar-refractivity contribution in [1.29, 1.82) is 5.26 Å². The maximum absolute atomic E-state index is 13.9. The number of carbonyl (C=O) groups excluding carboxylic acids is 2. The van der Waals surface area contributed by atoms with Crippen LogP contribution in [0.3, 0.4) is 0 Å². The zero-order valence-electron chi connectivity index (χ0n) is 22.6. The van der Waals surface area contributed by atoms with Gasteiger partial charge in [-0.1, -0.05) is 67.3 Å². The van der Waals surface area contributed by atoms with Gasteiger partial charge in [0.2, 0.25) is 11.0 Å². The molecule has 9 nitrogen and oxygen atoms in total. The van der Waals surface area contributed by atoms with Crippen LogP contribution in [0.15, 0.2) is 75.5 Å². The molecule has 0 spiro atoms. The van der Waals surface area contributed by atoms with E-state index in [9.17, 15) is 19.2 Å². The van der Waals surface area contributed by atoms with Crippen LogP contribution >= 0.6 is 23.1 Å². The Morgan fingerprint density at radius 1 is 1.24 bits per heavy atom. The van der Waals surface area contributed by atoms with E-state index in [0.717, 1.165) is 11.8 Å². The summed E-state index contributed by atoms with van der Waals surface area (Å²) in [4.78, 5) is 27.8. The molecule has 1 atom stereocenters. The fourth-order valence-corrected chi connectivity index (χ4v) is 6.85. The molecule has 41 heavy (non-hydrogen) atoms. The number of methoxy groups -OCH3 is 1. The number of benzene rings is 2. The topological polar surface area (TPSA) is 134 Å². The Morgan fingerprint density at radius 3 is 2.71 bits per heavy atom. The lowest BCUT2D eigenvalue weighted by atomic mass is 9.68. The highest BCUT2D eigenvalue weighted by Gasteiger charge is 2.46. The number of amides is 1. The number of nitrogens with one attached hydrogen (secondary N) is 1. The summed E-state index contributed by atoms with van der Waals surface area (Å²) in [6, 6.07) is 15.5. The molecule has 5 rings (SSSR count). The van der Waals surface area contributed by atoms with Crippen molar-refractivity contribution in [1.82, 2.24) is 10.2 Å². The maximum Gasteiger partial charge on any atom is 0.234 e. The Labute approximate surface area is 244 Å². The van der Waals surface area contributed by atoms with Crippen molar-refractivity contribution in [2.24, 2.45) is 11.1 Å². The number of nitrogens with two attached hydrogens (primary N) is 1. The second kappa shape index (κ2) is 11.3. The number of nitriles is 1. The van der Waals surface area contributed by atoms with Gasteiger partial charge in [-0.15, -0.1) is 10.2 Å². The Morgan fingerprint density at radius 2 is 1.98 bits per heavy atom. The average Bonchev–Trinajstić information content (AvgIpc) is 3.40. The summed E-state index contributed by atoms with van der Waals surface area (Å²) in [7, 11) is 1.55. The normalized spacial score (nSPS) is 18.2. The van der Waals surface area contributed by atoms with Gasteiger partial charge in [-0.05, 0) is 30.0 Å². The Bertz CT molecular complexity index is 1640. The molecule has 12 heteroatoms. The number of allylic oxidation sites excluding steroid dienone is 3. The SMILES string of the molecule is COc1ccccc1C1C(C#N)=C(N)N(c2nnc(SCC(=O)Nc3ccccc3F)s2)C2=C1C(=O)CC(C)(C)C2. The molecule has 0 fully saturated rings. The highest BCUT2D eigenvalue weighted by Crippen LogP contribution is 2.52. The van der Waals surface area contributed by atoms with E-state index in [-0.39, 0.29) is 34.0 Å². The first-order valence-electron chi connectivity index (χ1n) is 12.7. The van der Waals surface area contributed by atoms with Gasteiger partial charge in [0.1, 0.15) is 17.4 Å². The van der Waals surface area contributed by atoms with Crippen LogP contribution in [-0.2, 0) is 9.59 Å². The molecule has 1 aromatic heterocycles. The lowest BCUT2D eigenvalue weighted by Gasteiger charge is -2.42. The Kier molecular flexibility index (Phi) is 7.84. The van der Waals surface area contributed by atoms with Gasteiger partial charge in [-0.3, -0.25) is 14.5 Å². The number of thioether (sulfide) groups is 1. The third kappa shape index (κ3) is 5.55. The summed E-state index contributed by atoms with van der Waals surface area (Å²) in [5.74, 6) is -0.976. The van der Waals surface area contributed by atoms with Crippen molar-refractivity contribution in [3.05, 3.63) is 82.6 Å². The summed E-state index contributed by atoms with van der Waals surface area (Å²) in [6.45, 7) is 4.03. The number of carbonyl (C=O) groups is 2. The molecule has 210 valence electrons. The van der Waals surface area contributed by atoms with Gasteiger partial charge in [0, 0.05) is 23.3 Å². The maximum atomic E-state index is 13.9. The number of aromatic nitrogens is 2. The van der Waals surface area contributed by atoms with Gasteiger partial charge in [0.05, 0.1) is 36.1 Å². The van der Waals surface area contributed by atoms with Crippen molar-refractivity contribution < 1.29 is 18.7 Å². The molecular formula is C29H27FN6O3S2. The molecule has 1 aliphatic heterocycles. The number of halogens is 1. The number of nitrogens with zero attached hydrogens (tertiary/aromatic N) is 4. The molecule has 2 aromatic carbocycles. The van der Waals surface area contributed by atoms with Crippen LogP contribution in [0.5, 0.6) is 5.75 Å². The second-order valence-corrected chi connectivity index (χ2v) is 12.6. The quantitative estimate of drug-likeness (QED) is 0.349. The summed E-state index contributed by atoms with van der Waals surface area (Å²) < 4.78 is 20.0. The summed E-state index contributed by atoms with van der Waals surface area (Å²) >= 11 is 2.33. The highest BCUT2D eigenvalue weighted by molar-refractivity contribution is 8.01. The third-order valence-electron chi connectivity index (χ3n) is 6.89. The first-order valence-corrected chi connectivity index (χ1v) is 14.5. The summed E-state index contributed by atoms with van der Waals surface area (Å²) in [5, 5.41) is 21.8. The molecule has 3 aromatic rings. The van der Waals surface area contributed by atoms with Crippen LogP contribution in [0.4, 0.5) is 15.2 Å². The number of para-hydroxylation sites is 2. The van der Waals surface area contributed by atoms with Crippen molar-refractivity contribution in [3.8, 4) is 11.8 Å². The lowest BCUT2D eigenvalue weighted by molar-refractivity contribution is -0.118. The molecule has 0 saturated carbocycles. The minimum Gasteiger partial charge on any atom is -0.496 e. The fraction of sp³-hybridized carbons (Fsp3) is 0.276. The number of Topliss-reactive ketones (excluding diaryl/α,β-unsaturated/α-hetero) is 1. The van der Waals surface area contributed by atoms with Crippen molar-refractivity contribution in [2.75, 3.05) is 23.1 Å². The second-order valence-electron chi connectivity index (χ2n) is 10.4. The summed E-state index contributed by atoms with van der Waals surface area (Å²) in [6.07, 6.45) is 0.838. The molecule has 1 aliphatic carbocycles. The van der Waals surface area contributed by atoms with Gasteiger partial charge < -0.3 is 15.8 Å². The highest BCUT2D eigenvalue weighted by atomic mass is 32.2. The van der Waals surface area contributed by atoms with Crippen molar-refractivity contribution in [3.63, 3.8) is 0 Å². The number of hydrogen-bond donors (Lipinski definition) is 2. The molecule has 2 heterocycles. The Hall–Kier alpha value is -4.21. The van der Waals surface area contributed by atoms with E-state index in [4.69, 9.17) is 10.5 Å². The minimum atomic E-state index is -0.685.